The molecule has 0 aliphatic carbocycles. The number of hydrogen-bond acceptors (Lipinski definition) is 3. The van der Waals surface area contributed by atoms with E-state index in [9.17, 15) is 4.39 Å². The van der Waals surface area contributed by atoms with E-state index in [0.717, 1.165) is 53.1 Å². The van der Waals surface area contributed by atoms with Crippen molar-refractivity contribution in [1.82, 2.24) is 4.98 Å². The van der Waals surface area contributed by atoms with Crippen LogP contribution in [0.4, 0.5) is 4.39 Å². The van der Waals surface area contributed by atoms with Gasteiger partial charge in [0.25, 0.3) is 0 Å². The van der Waals surface area contributed by atoms with Crippen LogP contribution in [-0.2, 0) is 0 Å². The van der Waals surface area contributed by atoms with Crippen molar-refractivity contribution in [3.63, 3.8) is 0 Å². The van der Waals surface area contributed by atoms with Gasteiger partial charge in [0, 0.05) is 30.1 Å². The molecule has 3 nitrogen and oxygen atoms in total. The van der Waals surface area contributed by atoms with Crippen LogP contribution in [-0.4, -0.2) is 24.4 Å². The maximum atomic E-state index is 14.9. The van der Waals surface area contributed by atoms with Crippen molar-refractivity contribution < 1.29 is 9.13 Å². The van der Waals surface area contributed by atoms with Gasteiger partial charge in [-0.15, -0.1) is 24.8 Å². The molecule has 0 saturated carbocycles. The van der Waals surface area contributed by atoms with Gasteiger partial charge in [-0.1, -0.05) is 24.3 Å². The van der Waals surface area contributed by atoms with E-state index in [1.165, 1.54) is 0 Å². The number of methoxy groups -OCH3 is 1. The fourth-order valence-electron chi connectivity index (χ4n) is 3.41. The predicted octanol–water partition coefficient (Wildman–Crippen LogP) is 6.41. The largest absolute Gasteiger partial charge is 0.497 e. The summed E-state index contributed by atoms with van der Waals surface area (Å²) in [7, 11) is 1.63. The van der Waals surface area contributed by atoms with Gasteiger partial charge in [0.1, 0.15) is 11.6 Å². The SMILES string of the molecule is COc1cccc(-c2ccc(C=C3CCCN=C3c3cccnc3)c(F)c2)c1.Cl.Cl. The molecular weight excluding hydrogens is 422 g/mol. The van der Waals surface area contributed by atoms with Crippen LogP contribution in [0.25, 0.3) is 17.2 Å². The molecule has 2 aromatic carbocycles. The highest BCUT2D eigenvalue weighted by atomic mass is 35.5. The number of benzene rings is 2. The summed E-state index contributed by atoms with van der Waals surface area (Å²) in [6, 6.07) is 16.9. The van der Waals surface area contributed by atoms with Crippen LogP contribution in [0.2, 0.25) is 0 Å². The summed E-state index contributed by atoms with van der Waals surface area (Å²) in [6.45, 7) is 0.791. The molecule has 1 aliphatic heterocycles. The molecule has 0 radical (unpaired) electrons. The van der Waals surface area contributed by atoms with Crippen LogP contribution in [0.15, 0.2) is 77.6 Å². The lowest BCUT2D eigenvalue weighted by Crippen LogP contribution is -2.12. The Bertz CT molecular complexity index is 1050. The summed E-state index contributed by atoms with van der Waals surface area (Å²) >= 11 is 0. The quantitative estimate of drug-likeness (QED) is 0.465. The molecule has 0 saturated heterocycles. The third-order valence-electron chi connectivity index (χ3n) is 4.85. The van der Waals surface area contributed by atoms with Crippen molar-refractivity contribution in [1.29, 1.82) is 0 Å². The van der Waals surface area contributed by atoms with Crippen LogP contribution < -0.4 is 4.74 Å². The first-order chi connectivity index (χ1) is 13.7. The number of ether oxygens (including phenoxy) is 1. The monoisotopic (exact) mass is 444 g/mol. The molecule has 0 spiro atoms. The van der Waals surface area contributed by atoms with Gasteiger partial charge >= 0.3 is 0 Å². The van der Waals surface area contributed by atoms with Crippen LogP contribution in [0.5, 0.6) is 5.75 Å². The lowest BCUT2D eigenvalue weighted by Gasteiger charge is -2.16. The fraction of sp³-hybridized carbons (Fsp3) is 0.167. The molecule has 0 atom stereocenters. The van der Waals surface area contributed by atoms with E-state index >= 15 is 0 Å². The van der Waals surface area contributed by atoms with Gasteiger partial charge < -0.3 is 4.74 Å². The smallest absolute Gasteiger partial charge is 0.131 e. The van der Waals surface area contributed by atoms with Crippen LogP contribution in [0.1, 0.15) is 24.0 Å². The van der Waals surface area contributed by atoms with Gasteiger partial charge in [0.05, 0.1) is 12.8 Å². The molecule has 4 rings (SSSR count). The third kappa shape index (κ3) is 5.26. The van der Waals surface area contributed by atoms with Crippen molar-refractivity contribution in [3.8, 4) is 16.9 Å². The second-order valence-electron chi connectivity index (χ2n) is 6.71. The Balaban J connectivity index is 0.00000160. The first kappa shape index (κ1) is 23.6. The lowest BCUT2D eigenvalue weighted by atomic mass is 9.94. The Hall–Kier alpha value is -2.69. The van der Waals surface area contributed by atoms with E-state index < -0.39 is 0 Å². The molecule has 0 N–H and O–H groups in total. The van der Waals surface area contributed by atoms with Gasteiger partial charge in [0.2, 0.25) is 0 Å². The minimum atomic E-state index is -0.246. The normalized spacial score (nSPS) is 14.3. The molecule has 6 heteroatoms. The number of nitrogens with zero attached hydrogens (tertiary/aromatic N) is 2. The van der Waals surface area contributed by atoms with Gasteiger partial charge in [-0.2, -0.15) is 0 Å². The van der Waals surface area contributed by atoms with Crippen LogP contribution >= 0.6 is 24.8 Å². The van der Waals surface area contributed by atoms with E-state index in [1.54, 1.807) is 25.6 Å². The first-order valence-corrected chi connectivity index (χ1v) is 9.34. The number of aliphatic imine (C=N–C) groups is 1. The number of hydrogen-bond donors (Lipinski definition) is 0. The van der Waals surface area contributed by atoms with E-state index in [1.807, 2.05) is 54.6 Å². The third-order valence-corrected chi connectivity index (χ3v) is 4.85. The molecule has 1 aliphatic rings. The fourth-order valence-corrected chi connectivity index (χ4v) is 3.41. The number of pyridine rings is 1. The minimum Gasteiger partial charge on any atom is -0.497 e. The molecular formula is C24H23Cl2FN2O. The highest BCUT2D eigenvalue weighted by Gasteiger charge is 2.15. The number of rotatable bonds is 4. The summed E-state index contributed by atoms with van der Waals surface area (Å²) < 4.78 is 20.1. The predicted molar refractivity (Wildman–Crippen MR) is 126 cm³/mol. The molecule has 0 amide bonds. The van der Waals surface area contributed by atoms with Crippen molar-refractivity contribution in [2.45, 2.75) is 12.8 Å². The van der Waals surface area contributed by atoms with E-state index in [-0.39, 0.29) is 30.6 Å². The average Bonchev–Trinajstić information content (AvgIpc) is 2.76. The zero-order valence-electron chi connectivity index (χ0n) is 16.5. The lowest BCUT2D eigenvalue weighted by molar-refractivity contribution is 0.415. The first-order valence-electron chi connectivity index (χ1n) is 9.34. The van der Waals surface area contributed by atoms with Gasteiger partial charge in [0.15, 0.2) is 0 Å². The van der Waals surface area contributed by atoms with Crippen molar-refractivity contribution in [2.24, 2.45) is 4.99 Å². The second-order valence-corrected chi connectivity index (χ2v) is 6.71. The van der Waals surface area contributed by atoms with Crippen molar-refractivity contribution in [3.05, 3.63) is 89.5 Å². The van der Waals surface area contributed by atoms with Gasteiger partial charge in [-0.05, 0) is 65.9 Å². The van der Waals surface area contributed by atoms with Gasteiger partial charge in [-0.3, -0.25) is 9.98 Å². The Morgan fingerprint density at radius 2 is 1.77 bits per heavy atom. The molecule has 0 unspecified atom stereocenters. The minimum absolute atomic E-state index is 0. The molecule has 0 bridgehead atoms. The highest BCUT2D eigenvalue weighted by molar-refractivity contribution is 6.15. The molecule has 156 valence electrons. The van der Waals surface area contributed by atoms with E-state index in [4.69, 9.17) is 4.74 Å². The summed E-state index contributed by atoms with van der Waals surface area (Å²) in [5.74, 6) is 0.507. The van der Waals surface area contributed by atoms with E-state index in [0.29, 0.717) is 5.56 Å². The number of allylic oxidation sites excluding steroid dienone is 1. The Morgan fingerprint density at radius 1 is 0.967 bits per heavy atom. The maximum Gasteiger partial charge on any atom is 0.131 e. The summed E-state index contributed by atoms with van der Waals surface area (Å²) in [6.07, 6.45) is 7.31. The van der Waals surface area contributed by atoms with Crippen LogP contribution in [0.3, 0.4) is 0 Å². The Labute approximate surface area is 188 Å². The highest BCUT2D eigenvalue weighted by Crippen LogP contribution is 2.28. The zero-order valence-corrected chi connectivity index (χ0v) is 18.2. The van der Waals surface area contributed by atoms with Crippen LogP contribution in [0, 0.1) is 5.82 Å². The molecule has 2 heterocycles. The van der Waals surface area contributed by atoms with E-state index in [2.05, 4.69) is 9.98 Å². The molecule has 1 aromatic heterocycles. The zero-order chi connectivity index (χ0) is 19.3. The maximum absolute atomic E-state index is 14.9. The number of halogens is 3. The molecule has 3 aromatic rings. The van der Waals surface area contributed by atoms with Crippen molar-refractivity contribution >= 4 is 36.6 Å². The molecule has 30 heavy (non-hydrogen) atoms. The Morgan fingerprint density at radius 3 is 2.50 bits per heavy atom. The Kier molecular flexibility index (Phi) is 8.58. The summed E-state index contributed by atoms with van der Waals surface area (Å²) in [5.41, 5.74) is 5.25. The average molecular weight is 445 g/mol. The number of aromatic nitrogens is 1. The topological polar surface area (TPSA) is 34.5 Å². The summed E-state index contributed by atoms with van der Waals surface area (Å²) in [5, 5.41) is 0. The van der Waals surface area contributed by atoms with Gasteiger partial charge in [-0.25, -0.2) is 4.39 Å². The van der Waals surface area contributed by atoms with Crippen molar-refractivity contribution in [2.75, 3.05) is 13.7 Å². The summed E-state index contributed by atoms with van der Waals surface area (Å²) in [4.78, 5) is 8.85. The standard InChI is InChI=1S/C24H21FN2O.2ClH/c1-28-22-8-2-5-17(14-22)18-9-10-19(23(25)15-18)13-20-6-4-12-27-24(20)21-7-3-11-26-16-21;;/h2-3,5,7-11,13-16H,4,6,12H2,1H3;2*1H. The molecule has 0 fully saturated rings. The second kappa shape index (κ2) is 10.9.